The molecule has 0 radical (unpaired) electrons. The number of benzene rings is 2. The number of aryl methyl sites for hydroxylation is 4. The summed E-state index contributed by atoms with van der Waals surface area (Å²) in [6.07, 6.45) is 3.96. The molecule has 0 spiro atoms. The first-order chi connectivity index (χ1) is 10.5. The zero-order chi connectivity index (χ0) is 15.9. The molecule has 3 aromatic rings. The monoisotopic (exact) mass is 295 g/mol. The lowest BCUT2D eigenvalue weighted by molar-refractivity contribution is -0.659. The van der Waals surface area contributed by atoms with Crippen LogP contribution in [0, 0.1) is 26.6 Å². The van der Waals surface area contributed by atoms with Gasteiger partial charge in [-0.05, 0) is 43.5 Å². The number of hydrogen-bond donors (Lipinski definition) is 0. The van der Waals surface area contributed by atoms with Crippen LogP contribution in [0.5, 0.6) is 0 Å². The van der Waals surface area contributed by atoms with Crippen molar-refractivity contribution >= 4 is 0 Å². The van der Waals surface area contributed by atoms with E-state index in [0.29, 0.717) is 5.56 Å². The van der Waals surface area contributed by atoms with E-state index in [2.05, 4.69) is 30.5 Å². The maximum absolute atomic E-state index is 14.5. The lowest BCUT2D eigenvalue weighted by Crippen LogP contribution is -2.29. The van der Waals surface area contributed by atoms with Gasteiger partial charge in [-0.25, -0.2) is 8.96 Å². The summed E-state index contributed by atoms with van der Waals surface area (Å²) in [6, 6.07) is 11.4. The van der Waals surface area contributed by atoms with Crippen molar-refractivity contribution in [2.24, 2.45) is 7.05 Å². The fourth-order valence-corrected chi connectivity index (χ4v) is 3.06. The number of aromatic nitrogens is 2. The van der Waals surface area contributed by atoms with E-state index >= 15 is 0 Å². The summed E-state index contributed by atoms with van der Waals surface area (Å²) in [4.78, 5) is 0. The molecule has 0 saturated heterocycles. The molecule has 0 unspecified atom stereocenters. The van der Waals surface area contributed by atoms with Crippen molar-refractivity contribution in [3.05, 3.63) is 71.3 Å². The average molecular weight is 295 g/mol. The minimum atomic E-state index is -0.193. The number of para-hydroxylation sites is 1. The van der Waals surface area contributed by atoms with E-state index in [1.807, 2.05) is 43.1 Å². The molecule has 0 aliphatic carbocycles. The van der Waals surface area contributed by atoms with Gasteiger partial charge in [0.1, 0.15) is 29.5 Å². The lowest BCUT2D eigenvalue weighted by atomic mass is 10.1. The normalized spacial score (nSPS) is 11.0. The minimum Gasteiger partial charge on any atom is -0.232 e. The maximum Gasteiger partial charge on any atom is 0.297 e. The molecular formula is C19H20FN2+. The molecule has 22 heavy (non-hydrogen) atoms. The molecule has 0 bridgehead atoms. The largest absolute Gasteiger partial charge is 0.297 e. The van der Waals surface area contributed by atoms with Crippen LogP contribution in [0.4, 0.5) is 4.39 Å². The Bertz CT molecular complexity index is 806. The first kappa shape index (κ1) is 14.5. The first-order valence-corrected chi connectivity index (χ1v) is 7.39. The Morgan fingerprint density at radius 3 is 2.14 bits per heavy atom. The molecule has 0 saturated carbocycles. The minimum absolute atomic E-state index is 0.193. The van der Waals surface area contributed by atoms with Crippen LogP contribution in [0.2, 0.25) is 0 Å². The smallest absolute Gasteiger partial charge is 0.232 e. The van der Waals surface area contributed by atoms with Crippen LogP contribution in [0.25, 0.3) is 17.1 Å². The second kappa shape index (κ2) is 5.41. The van der Waals surface area contributed by atoms with Gasteiger partial charge < -0.3 is 0 Å². The van der Waals surface area contributed by atoms with Crippen molar-refractivity contribution in [3.8, 4) is 17.1 Å². The number of hydrogen-bond acceptors (Lipinski definition) is 0. The molecule has 3 heteroatoms. The fraction of sp³-hybridized carbons (Fsp3) is 0.211. The Kier molecular flexibility index (Phi) is 3.57. The predicted molar refractivity (Wildman–Crippen MR) is 86.6 cm³/mol. The molecule has 2 aromatic carbocycles. The molecule has 2 nitrogen and oxygen atoms in total. The van der Waals surface area contributed by atoms with E-state index in [4.69, 9.17) is 0 Å². The van der Waals surface area contributed by atoms with Gasteiger partial charge in [0.25, 0.3) is 5.82 Å². The van der Waals surface area contributed by atoms with Crippen molar-refractivity contribution < 1.29 is 8.96 Å². The number of halogens is 1. The van der Waals surface area contributed by atoms with E-state index in [1.165, 1.54) is 17.2 Å². The topological polar surface area (TPSA) is 8.81 Å². The highest BCUT2D eigenvalue weighted by Gasteiger charge is 2.25. The standard InChI is InChI=1S/C19H20FN2/c1-13-7-6-10-16(20)17(13)19-21(4)11-12-22(19)18-14(2)8-5-9-15(18)3/h5-12H,1-4H3/q+1. The molecule has 0 aliphatic rings. The SMILES string of the molecule is Cc1cccc(F)c1-c1n(-c2c(C)cccc2C)cc[n+]1C. The third-order valence-corrected chi connectivity index (χ3v) is 4.13. The van der Waals surface area contributed by atoms with Gasteiger partial charge in [0, 0.05) is 0 Å². The number of imidazole rings is 1. The molecule has 3 rings (SSSR count). The van der Waals surface area contributed by atoms with Gasteiger partial charge in [-0.1, -0.05) is 30.3 Å². The zero-order valence-corrected chi connectivity index (χ0v) is 13.4. The van der Waals surface area contributed by atoms with Gasteiger partial charge in [0.05, 0.1) is 7.05 Å². The highest BCUT2D eigenvalue weighted by atomic mass is 19.1. The molecule has 1 aromatic heterocycles. The van der Waals surface area contributed by atoms with Crippen molar-refractivity contribution in [1.29, 1.82) is 0 Å². The van der Waals surface area contributed by atoms with Crippen LogP contribution in [0.3, 0.4) is 0 Å². The van der Waals surface area contributed by atoms with Crippen LogP contribution >= 0.6 is 0 Å². The molecule has 112 valence electrons. The molecule has 0 fully saturated rings. The van der Waals surface area contributed by atoms with Crippen LogP contribution in [-0.4, -0.2) is 4.57 Å². The Balaban J connectivity index is 2.35. The Labute approximate surface area is 130 Å². The maximum atomic E-state index is 14.5. The molecule has 0 atom stereocenters. The van der Waals surface area contributed by atoms with Crippen molar-refractivity contribution in [3.63, 3.8) is 0 Å². The first-order valence-electron chi connectivity index (χ1n) is 7.39. The van der Waals surface area contributed by atoms with E-state index in [1.54, 1.807) is 6.07 Å². The second-order valence-corrected chi connectivity index (χ2v) is 5.77. The summed E-state index contributed by atoms with van der Waals surface area (Å²) in [5, 5.41) is 0. The Morgan fingerprint density at radius 2 is 1.50 bits per heavy atom. The van der Waals surface area contributed by atoms with Gasteiger partial charge in [0.15, 0.2) is 0 Å². The predicted octanol–water partition coefficient (Wildman–Crippen LogP) is 4.03. The molecule has 0 aliphatic heterocycles. The molecular weight excluding hydrogens is 275 g/mol. The summed E-state index contributed by atoms with van der Waals surface area (Å²) in [7, 11) is 1.95. The number of rotatable bonds is 2. The molecule has 1 heterocycles. The van der Waals surface area contributed by atoms with Gasteiger partial charge in [-0.15, -0.1) is 0 Å². The average Bonchev–Trinajstić information content (AvgIpc) is 2.81. The van der Waals surface area contributed by atoms with E-state index in [-0.39, 0.29) is 5.82 Å². The summed E-state index contributed by atoms with van der Waals surface area (Å²) >= 11 is 0. The zero-order valence-electron chi connectivity index (χ0n) is 13.4. The fourth-order valence-electron chi connectivity index (χ4n) is 3.06. The summed E-state index contributed by atoms with van der Waals surface area (Å²) in [5.41, 5.74) is 5.04. The van der Waals surface area contributed by atoms with Gasteiger partial charge in [-0.2, -0.15) is 4.57 Å². The van der Waals surface area contributed by atoms with Gasteiger partial charge >= 0.3 is 0 Å². The van der Waals surface area contributed by atoms with Gasteiger partial charge in [0.2, 0.25) is 0 Å². The molecule has 0 amide bonds. The van der Waals surface area contributed by atoms with Crippen molar-refractivity contribution in [1.82, 2.24) is 4.57 Å². The van der Waals surface area contributed by atoms with E-state index in [0.717, 1.165) is 17.1 Å². The summed E-state index contributed by atoms with van der Waals surface area (Å²) in [6.45, 7) is 6.11. The Morgan fingerprint density at radius 1 is 0.909 bits per heavy atom. The van der Waals surface area contributed by atoms with Gasteiger partial charge in [-0.3, -0.25) is 0 Å². The van der Waals surface area contributed by atoms with Crippen LogP contribution in [-0.2, 0) is 7.05 Å². The van der Waals surface area contributed by atoms with E-state index in [9.17, 15) is 4.39 Å². The third kappa shape index (κ3) is 2.23. The third-order valence-electron chi connectivity index (χ3n) is 4.13. The van der Waals surface area contributed by atoms with Crippen LogP contribution in [0.1, 0.15) is 16.7 Å². The quantitative estimate of drug-likeness (QED) is 0.631. The van der Waals surface area contributed by atoms with Crippen molar-refractivity contribution in [2.45, 2.75) is 20.8 Å². The summed E-state index contributed by atoms with van der Waals surface area (Å²) < 4.78 is 18.5. The Hall–Kier alpha value is -2.42. The van der Waals surface area contributed by atoms with E-state index < -0.39 is 0 Å². The highest BCUT2D eigenvalue weighted by Crippen LogP contribution is 2.28. The highest BCUT2D eigenvalue weighted by molar-refractivity contribution is 5.63. The van der Waals surface area contributed by atoms with Crippen molar-refractivity contribution in [2.75, 3.05) is 0 Å². The molecule has 0 N–H and O–H groups in total. The number of nitrogens with zero attached hydrogens (tertiary/aromatic N) is 2. The van der Waals surface area contributed by atoms with Crippen LogP contribution in [0.15, 0.2) is 48.8 Å². The van der Waals surface area contributed by atoms with Crippen LogP contribution < -0.4 is 4.57 Å². The summed E-state index contributed by atoms with van der Waals surface area (Å²) in [5.74, 6) is 0.662. The second-order valence-electron chi connectivity index (χ2n) is 5.77. The lowest BCUT2D eigenvalue weighted by Gasteiger charge is -2.10.